The third kappa shape index (κ3) is 5.38. The molecule has 0 radical (unpaired) electrons. The average Bonchev–Trinajstić information content (AvgIpc) is 2.46. The molecule has 1 aliphatic rings. The van der Waals surface area contributed by atoms with Gasteiger partial charge in [0.25, 0.3) is 0 Å². The Bertz CT molecular complexity index is 553. The van der Waals surface area contributed by atoms with Crippen LogP contribution in [0, 0.1) is 0 Å². The van der Waals surface area contributed by atoms with Crippen molar-refractivity contribution in [2.45, 2.75) is 45.4 Å². The molecule has 1 saturated heterocycles. The Balaban J connectivity index is 1.93. The first kappa shape index (κ1) is 18.5. The van der Waals surface area contributed by atoms with Crippen molar-refractivity contribution in [1.82, 2.24) is 4.90 Å². The SMILES string of the molecule is C[C@@H]1CN([C@H](C)C(=O)Nc2ccc(OC(F)(F)F)cc2)C[C@@H](C)O1. The number of alkyl halides is 3. The zero-order chi connectivity index (χ0) is 17.9. The van der Waals surface area contributed by atoms with E-state index in [0.717, 1.165) is 12.1 Å². The molecule has 24 heavy (non-hydrogen) atoms. The van der Waals surface area contributed by atoms with Crippen LogP contribution in [-0.2, 0) is 9.53 Å². The number of carbonyl (C=O) groups is 1. The van der Waals surface area contributed by atoms with Crippen LogP contribution in [0.2, 0.25) is 0 Å². The monoisotopic (exact) mass is 346 g/mol. The minimum Gasteiger partial charge on any atom is -0.406 e. The highest BCUT2D eigenvalue weighted by molar-refractivity contribution is 5.94. The van der Waals surface area contributed by atoms with E-state index in [4.69, 9.17) is 4.74 Å². The first-order valence-corrected chi connectivity index (χ1v) is 7.70. The highest BCUT2D eigenvalue weighted by atomic mass is 19.4. The van der Waals surface area contributed by atoms with Crippen molar-refractivity contribution in [2.75, 3.05) is 18.4 Å². The Morgan fingerprint density at radius 2 is 1.79 bits per heavy atom. The molecule has 3 atom stereocenters. The van der Waals surface area contributed by atoms with Gasteiger partial charge in [-0.05, 0) is 45.0 Å². The molecule has 1 aromatic rings. The summed E-state index contributed by atoms with van der Waals surface area (Å²) in [6, 6.07) is 4.69. The van der Waals surface area contributed by atoms with Gasteiger partial charge >= 0.3 is 6.36 Å². The van der Waals surface area contributed by atoms with Crippen LogP contribution in [0.25, 0.3) is 0 Å². The van der Waals surface area contributed by atoms with Gasteiger partial charge in [-0.15, -0.1) is 13.2 Å². The third-order valence-electron chi connectivity index (χ3n) is 3.73. The molecular formula is C16H21F3N2O3. The zero-order valence-corrected chi connectivity index (χ0v) is 13.8. The Morgan fingerprint density at radius 3 is 2.29 bits per heavy atom. The molecule has 1 fully saturated rings. The van der Waals surface area contributed by atoms with E-state index >= 15 is 0 Å². The molecule has 0 bridgehead atoms. The van der Waals surface area contributed by atoms with E-state index in [0.29, 0.717) is 18.8 Å². The number of hydrogen-bond acceptors (Lipinski definition) is 4. The topological polar surface area (TPSA) is 50.8 Å². The number of nitrogens with one attached hydrogen (secondary N) is 1. The summed E-state index contributed by atoms with van der Waals surface area (Å²) in [5.74, 6) is -0.551. The second-order valence-corrected chi connectivity index (χ2v) is 5.95. The molecule has 0 aliphatic carbocycles. The number of halogens is 3. The molecule has 1 N–H and O–H groups in total. The van der Waals surface area contributed by atoms with Crippen LogP contribution in [0.3, 0.4) is 0 Å². The summed E-state index contributed by atoms with van der Waals surface area (Å²) in [5, 5.41) is 2.70. The molecule has 0 aromatic heterocycles. The van der Waals surface area contributed by atoms with Crippen LogP contribution in [0.4, 0.5) is 18.9 Å². The van der Waals surface area contributed by atoms with E-state index in [-0.39, 0.29) is 29.9 Å². The second kappa shape index (κ2) is 7.40. The van der Waals surface area contributed by atoms with E-state index < -0.39 is 6.36 Å². The van der Waals surface area contributed by atoms with Gasteiger partial charge in [-0.3, -0.25) is 9.69 Å². The number of anilines is 1. The lowest BCUT2D eigenvalue weighted by molar-refractivity contribution is -0.274. The minimum absolute atomic E-state index is 0.0443. The lowest BCUT2D eigenvalue weighted by Gasteiger charge is -2.38. The van der Waals surface area contributed by atoms with Crippen LogP contribution in [-0.4, -0.2) is 48.5 Å². The van der Waals surface area contributed by atoms with Gasteiger partial charge < -0.3 is 14.8 Å². The van der Waals surface area contributed by atoms with Crippen molar-refractivity contribution >= 4 is 11.6 Å². The highest BCUT2D eigenvalue weighted by Gasteiger charge is 2.31. The van der Waals surface area contributed by atoms with Crippen LogP contribution in [0.15, 0.2) is 24.3 Å². The summed E-state index contributed by atoms with van der Waals surface area (Å²) in [5.41, 5.74) is 0.413. The predicted molar refractivity (Wildman–Crippen MR) is 82.8 cm³/mol. The van der Waals surface area contributed by atoms with Gasteiger partial charge in [0.1, 0.15) is 5.75 Å². The first-order chi connectivity index (χ1) is 11.1. The number of morpholine rings is 1. The lowest BCUT2D eigenvalue weighted by atomic mass is 10.1. The Labute approximate surface area is 138 Å². The molecule has 134 valence electrons. The molecule has 0 unspecified atom stereocenters. The van der Waals surface area contributed by atoms with Gasteiger partial charge in [0.15, 0.2) is 0 Å². The molecular weight excluding hydrogens is 325 g/mol. The molecule has 1 aliphatic heterocycles. The van der Waals surface area contributed by atoms with Crippen LogP contribution < -0.4 is 10.1 Å². The summed E-state index contributed by atoms with van der Waals surface area (Å²) >= 11 is 0. The van der Waals surface area contributed by atoms with Crippen LogP contribution in [0.1, 0.15) is 20.8 Å². The number of ether oxygens (including phenoxy) is 2. The van der Waals surface area contributed by atoms with E-state index in [9.17, 15) is 18.0 Å². The predicted octanol–water partition coefficient (Wildman–Crippen LogP) is 3.02. The second-order valence-electron chi connectivity index (χ2n) is 5.95. The van der Waals surface area contributed by atoms with Gasteiger partial charge in [0.2, 0.25) is 5.91 Å². The van der Waals surface area contributed by atoms with Crippen molar-refractivity contribution in [1.29, 1.82) is 0 Å². The van der Waals surface area contributed by atoms with Crippen molar-refractivity contribution in [3.63, 3.8) is 0 Å². The molecule has 1 heterocycles. The summed E-state index contributed by atoms with van der Waals surface area (Å²) in [6.45, 7) is 7.00. The van der Waals surface area contributed by atoms with Gasteiger partial charge in [-0.2, -0.15) is 0 Å². The summed E-state index contributed by atoms with van der Waals surface area (Å²) < 4.78 is 45.8. The first-order valence-electron chi connectivity index (χ1n) is 7.70. The van der Waals surface area contributed by atoms with E-state index in [1.165, 1.54) is 12.1 Å². The maximum absolute atomic E-state index is 12.3. The van der Waals surface area contributed by atoms with Gasteiger partial charge in [0.05, 0.1) is 18.2 Å². The zero-order valence-electron chi connectivity index (χ0n) is 13.8. The maximum atomic E-state index is 12.3. The number of benzene rings is 1. The number of hydrogen-bond donors (Lipinski definition) is 1. The number of rotatable bonds is 4. The number of amides is 1. The summed E-state index contributed by atoms with van der Waals surface area (Å²) in [6.07, 6.45) is -4.64. The molecule has 1 aromatic carbocycles. The van der Waals surface area contributed by atoms with Gasteiger partial charge in [0, 0.05) is 18.8 Å². The smallest absolute Gasteiger partial charge is 0.406 e. The van der Waals surface area contributed by atoms with Gasteiger partial charge in [-0.1, -0.05) is 0 Å². The third-order valence-corrected chi connectivity index (χ3v) is 3.73. The Kier molecular flexibility index (Phi) is 5.71. The molecule has 1 amide bonds. The fourth-order valence-electron chi connectivity index (χ4n) is 2.69. The fraction of sp³-hybridized carbons (Fsp3) is 0.562. The molecule has 2 rings (SSSR count). The Morgan fingerprint density at radius 1 is 1.25 bits per heavy atom. The van der Waals surface area contributed by atoms with E-state index in [1.54, 1.807) is 6.92 Å². The molecule has 0 saturated carbocycles. The minimum atomic E-state index is -4.73. The normalized spacial score (nSPS) is 23.6. The van der Waals surface area contributed by atoms with Crippen molar-refractivity contribution in [2.24, 2.45) is 0 Å². The Hall–Kier alpha value is -1.80. The van der Waals surface area contributed by atoms with Gasteiger partial charge in [-0.25, -0.2) is 0 Å². The standard InChI is InChI=1S/C16H21F3N2O3/c1-10-8-21(9-11(2)23-10)12(3)15(22)20-13-4-6-14(7-5-13)24-16(17,18)19/h4-7,10-12H,8-9H2,1-3H3,(H,20,22)/t10-,11-,12-/m1/s1. The molecule has 8 heteroatoms. The molecule has 0 spiro atoms. The van der Waals surface area contributed by atoms with Crippen LogP contribution in [0.5, 0.6) is 5.75 Å². The quantitative estimate of drug-likeness (QED) is 0.911. The fourth-order valence-corrected chi connectivity index (χ4v) is 2.69. The number of nitrogens with zero attached hydrogens (tertiary/aromatic N) is 1. The number of carbonyl (C=O) groups excluding carboxylic acids is 1. The van der Waals surface area contributed by atoms with Crippen molar-refractivity contribution < 1.29 is 27.4 Å². The molecule has 5 nitrogen and oxygen atoms in total. The van der Waals surface area contributed by atoms with Crippen molar-refractivity contribution in [3.05, 3.63) is 24.3 Å². The average molecular weight is 346 g/mol. The van der Waals surface area contributed by atoms with E-state index in [2.05, 4.69) is 10.1 Å². The highest BCUT2D eigenvalue weighted by Crippen LogP contribution is 2.24. The summed E-state index contributed by atoms with van der Waals surface area (Å²) in [4.78, 5) is 14.4. The lowest BCUT2D eigenvalue weighted by Crippen LogP contribution is -2.52. The van der Waals surface area contributed by atoms with Crippen molar-refractivity contribution in [3.8, 4) is 5.75 Å². The summed E-state index contributed by atoms with van der Waals surface area (Å²) in [7, 11) is 0. The largest absolute Gasteiger partial charge is 0.573 e. The maximum Gasteiger partial charge on any atom is 0.573 e. The van der Waals surface area contributed by atoms with E-state index in [1.807, 2.05) is 18.7 Å². The van der Waals surface area contributed by atoms with Crippen LogP contribution >= 0.6 is 0 Å².